The summed E-state index contributed by atoms with van der Waals surface area (Å²) in [6.07, 6.45) is -0.577. The van der Waals surface area contributed by atoms with E-state index in [4.69, 9.17) is 10.5 Å². The number of ether oxygens (including phenoxy) is 1. The lowest BCUT2D eigenvalue weighted by atomic mass is 10.1. The molecule has 0 fully saturated rings. The molecule has 2 rings (SSSR count). The van der Waals surface area contributed by atoms with Crippen molar-refractivity contribution in [2.75, 3.05) is 18.5 Å². The number of anilines is 1. The molecule has 0 aliphatic carbocycles. The van der Waals surface area contributed by atoms with Gasteiger partial charge in [0, 0.05) is 18.1 Å². The molecule has 1 amide bonds. The second-order valence-corrected chi connectivity index (χ2v) is 4.66. The van der Waals surface area contributed by atoms with Gasteiger partial charge in [0.1, 0.15) is 5.75 Å². The Labute approximate surface area is 102 Å². The predicted molar refractivity (Wildman–Crippen MR) is 65.8 cm³/mol. The number of amides is 1. The van der Waals surface area contributed by atoms with Gasteiger partial charge in [0.25, 0.3) is 5.91 Å². The van der Waals surface area contributed by atoms with Crippen molar-refractivity contribution in [1.82, 2.24) is 0 Å². The quantitative estimate of drug-likeness (QED) is 0.849. The Hall–Kier alpha value is -1.07. The molecule has 1 aromatic rings. The normalized spacial score (nSPS) is 19.4. The molecule has 16 heavy (non-hydrogen) atoms. The van der Waals surface area contributed by atoms with Gasteiger partial charge in [-0.3, -0.25) is 4.79 Å². The number of benzene rings is 1. The molecule has 1 aliphatic rings. The number of halogens is 1. The van der Waals surface area contributed by atoms with Crippen LogP contribution in [-0.2, 0) is 4.79 Å². The van der Waals surface area contributed by atoms with E-state index in [1.165, 1.54) is 0 Å². The lowest BCUT2D eigenvalue weighted by Crippen LogP contribution is -2.47. The van der Waals surface area contributed by atoms with Crippen LogP contribution in [0, 0.1) is 6.92 Å². The molecule has 0 bridgehead atoms. The van der Waals surface area contributed by atoms with Gasteiger partial charge in [0.15, 0.2) is 6.10 Å². The summed E-state index contributed by atoms with van der Waals surface area (Å²) in [6.45, 7) is 2.16. The summed E-state index contributed by atoms with van der Waals surface area (Å²) in [5, 5.41) is 0. The third kappa shape index (κ3) is 1.70. The minimum atomic E-state index is -0.577. The number of fused-ring (bicyclic) bond motifs is 1. The molecule has 0 radical (unpaired) electrons. The average molecular weight is 285 g/mol. The molecule has 1 aliphatic heterocycles. The van der Waals surface area contributed by atoms with Gasteiger partial charge in [0.05, 0.1) is 5.69 Å². The minimum absolute atomic E-state index is 0.100. The zero-order valence-electron chi connectivity index (χ0n) is 9.16. The number of hydrogen-bond donors (Lipinski definition) is 1. The smallest absolute Gasteiger partial charge is 0.269 e. The third-order valence-corrected chi connectivity index (χ3v) is 3.55. The number of likely N-dealkylation sites (N-methyl/N-ethyl adjacent to an activating group) is 1. The maximum absolute atomic E-state index is 11.8. The van der Waals surface area contributed by atoms with E-state index in [-0.39, 0.29) is 12.5 Å². The fraction of sp³-hybridized carbons (Fsp3) is 0.364. The van der Waals surface area contributed by atoms with Crippen molar-refractivity contribution >= 4 is 27.5 Å². The molecule has 0 aromatic heterocycles. The standard InChI is InChI=1S/C11H13BrN2O2/c1-6-3-8-9(4-7(6)12)16-10(5-13)11(15)14(8)2/h3-4,10H,5,13H2,1-2H3. The highest BCUT2D eigenvalue weighted by Gasteiger charge is 2.31. The van der Waals surface area contributed by atoms with Crippen molar-refractivity contribution in [3.8, 4) is 5.75 Å². The Morgan fingerprint density at radius 3 is 2.88 bits per heavy atom. The molecule has 1 aromatic carbocycles. The lowest BCUT2D eigenvalue weighted by Gasteiger charge is -2.31. The van der Waals surface area contributed by atoms with Crippen molar-refractivity contribution in [3.63, 3.8) is 0 Å². The number of carbonyl (C=O) groups excluding carboxylic acids is 1. The van der Waals surface area contributed by atoms with Crippen LogP contribution in [0.25, 0.3) is 0 Å². The van der Waals surface area contributed by atoms with Crippen molar-refractivity contribution < 1.29 is 9.53 Å². The van der Waals surface area contributed by atoms with Gasteiger partial charge < -0.3 is 15.4 Å². The molecule has 1 heterocycles. The first-order valence-electron chi connectivity index (χ1n) is 4.99. The molecule has 0 saturated heterocycles. The topological polar surface area (TPSA) is 55.6 Å². The van der Waals surface area contributed by atoms with Crippen molar-refractivity contribution in [2.45, 2.75) is 13.0 Å². The van der Waals surface area contributed by atoms with Gasteiger partial charge in [-0.2, -0.15) is 0 Å². The Morgan fingerprint density at radius 2 is 2.25 bits per heavy atom. The predicted octanol–water partition coefficient (Wildman–Crippen LogP) is 1.44. The van der Waals surface area contributed by atoms with Crippen molar-refractivity contribution in [3.05, 3.63) is 22.2 Å². The van der Waals surface area contributed by atoms with Crippen LogP contribution < -0.4 is 15.4 Å². The van der Waals surface area contributed by atoms with E-state index in [0.29, 0.717) is 5.75 Å². The number of nitrogens with zero attached hydrogens (tertiary/aromatic N) is 1. The van der Waals surface area contributed by atoms with Crippen LogP contribution >= 0.6 is 15.9 Å². The van der Waals surface area contributed by atoms with Crippen LogP contribution in [0.4, 0.5) is 5.69 Å². The summed E-state index contributed by atoms with van der Waals surface area (Å²) in [4.78, 5) is 13.4. The first-order chi connectivity index (χ1) is 7.54. The second-order valence-electron chi connectivity index (χ2n) is 3.81. The SMILES string of the molecule is Cc1cc2c(cc1Br)OC(CN)C(=O)N2C. The van der Waals surface area contributed by atoms with Crippen LogP contribution in [0.3, 0.4) is 0 Å². The van der Waals surface area contributed by atoms with Crippen LogP contribution in [0.15, 0.2) is 16.6 Å². The fourth-order valence-electron chi connectivity index (χ4n) is 1.69. The van der Waals surface area contributed by atoms with E-state index in [2.05, 4.69) is 15.9 Å². The Bertz CT molecular complexity index is 448. The van der Waals surface area contributed by atoms with Crippen molar-refractivity contribution in [1.29, 1.82) is 0 Å². The van der Waals surface area contributed by atoms with E-state index in [0.717, 1.165) is 15.7 Å². The first-order valence-corrected chi connectivity index (χ1v) is 5.78. The molecule has 1 atom stereocenters. The average Bonchev–Trinajstić information content (AvgIpc) is 2.26. The van der Waals surface area contributed by atoms with E-state index in [1.807, 2.05) is 19.1 Å². The zero-order valence-corrected chi connectivity index (χ0v) is 10.7. The number of aryl methyl sites for hydroxylation is 1. The van der Waals surface area contributed by atoms with Crippen LogP contribution in [0.1, 0.15) is 5.56 Å². The van der Waals surface area contributed by atoms with Gasteiger partial charge in [-0.1, -0.05) is 15.9 Å². The third-order valence-electron chi connectivity index (χ3n) is 2.69. The van der Waals surface area contributed by atoms with Gasteiger partial charge in [-0.15, -0.1) is 0 Å². The first kappa shape index (κ1) is 11.4. The summed E-state index contributed by atoms with van der Waals surface area (Å²) in [5.74, 6) is 0.590. The number of nitrogens with two attached hydrogens (primary N) is 1. The molecule has 4 nitrogen and oxygen atoms in total. The van der Waals surface area contributed by atoms with Gasteiger partial charge >= 0.3 is 0 Å². The summed E-state index contributed by atoms with van der Waals surface area (Å²) >= 11 is 3.44. The van der Waals surface area contributed by atoms with Crippen LogP contribution in [0.2, 0.25) is 0 Å². The Kier molecular flexibility index (Phi) is 2.90. The molecule has 86 valence electrons. The van der Waals surface area contributed by atoms with E-state index < -0.39 is 6.10 Å². The molecule has 0 saturated carbocycles. The number of rotatable bonds is 1. The summed E-state index contributed by atoms with van der Waals surface area (Å²) < 4.78 is 6.52. The second kappa shape index (κ2) is 4.07. The maximum Gasteiger partial charge on any atom is 0.269 e. The molecule has 1 unspecified atom stereocenters. The molecular formula is C11H13BrN2O2. The van der Waals surface area contributed by atoms with E-state index in [1.54, 1.807) is 11.9 Å². The lowest BCUT2D eigenvalue weighted by molar-refractivity contribution is -0.125. The minimum Gasteiger partial charge on any atom is -0.477 e. The van der Waals surface area contributed by atoms with Crippen LogP contribution in [-0.4, -0.2) is 25.6 Å². The maximum atomic E-state index is 11.8. The van der Waals surface area contributed by atoms with E-state index >= 15 is 0 Å². The van der Waals surface area contributed by atoms with Crippen LogP contribution in [0.5, 0.6) is 5.75 Å². The monoisotopic (exact) mass is 284 g/mol. The highest BCUT2D eigenvalue weighted by Crippen LogP contribution is 2.37. The van der Waals surface area contributed by atoms with Gasteiger partial charge in [-0.25, -0.2) is 0 Å². The van der Waals surface area contributed by atoms with Gasteiger partial charge in [-0.05, 0) is 24.6 Å². The molecule has 2 N–H and O–H groups in total. The molecule has 5 heteroatoms. The fourth-order valence-corrected chi connectivity index (χ4v) is 2.01. The summed E-state index contributed by atoms with van der Waals surface area (Å²) in [6, 6.07) is 3.79. The highest BCUT2D eigenvalue weighted by molar-refractivity contribution is 9.10. The summed E-state index contributed by atoms with van der Waals surface area (Å²) in [5.41, 5.74) is 7.35. The number of carbonyl (C=O) groups is 1. The van der Waals surface area contributed by atoms with Crippen molar-refractivity contribution in [2.24, 2.45) is 5.73 Å². The van der Waals surface area contributed by atoms with E-state index in [9.17, 15) is 4.79 Å². The summed E-state index contributed by atoms with van der Waals surface area (Å²) in [7, 11) is 1.74. The van der Waals surface area contributed by atoms with Gasteiger partial charge in [0.2, 0.25) is 0 Å². The molecule has 0 spiro atoms. The largest absolute Gasteiger partial charge is 0.477 e. The number of hydrogen-bond acceptors (Lipinski definition) is 3. The highest BCUT2D eigenvalue weighted by atomic mass is 79.9. The molecular weight excluding hydrogens is 272 g/mol. The Balaban J connectivity index is 2.50. The zero-order chi connectivity index (χ0) is 11.9. The Morgan fingerprint density at radius 1 is 1.56 bits per heavy atom.